The van der Waals surface area contributed by atoms with Gasteiger partial charge in [0.05, 0.1) is 5.69 Å². The number of para-hydroxylation sites is 1. The molecule has 130 valence electrons. The molecule has 0 saturated carbocycles. The van der Waals surface area contributed by atoms with Crippen LogP contribution in [0.4, 0.5) is 10.5 Å². The first-order chi connectivity index (χ1) is 12.7. The quantitative estimate of drug-likeness (QED) is 0.295. The molecule has 6 heteroatoms. The van der Waals surface area contributed by atoms with Crippen molar-refractivity contribution in [1.29, 1.82) is 0 Å². The maximum Gasteiger partial charge on any atom is 0.350 e. The zero-order valence-corrected chi connectivity index (χ0v) is 13.9. The second-order valence-electron chi connectivity index (χ2n) is 6.03. The van der Waals surface area contributed by atoms with Gasteiger partial charge in [-0.3, -0.25) is 5.43 Å². The van der Waals surface area contributed by atoms with E-state index in [0.29, 0.717) is 11.4 Å². The second kappa shape index (κ2) is 6.51. The van der Waals surface area contributed by atoms with E-state index in [9.17, 15) is 4.79 Å². The lowest BCUT2D eigenvalue weighted by atomic mass is 9.82. The Bertz CT molecular complexity index is 959. The molecule has 5 N–H and O–H groups in total. The van der Waals surface area contributed by atoms with Crippen LogP contribution in [0.5, 0.6) is 11.5 Å². The number of anilines is 1. The van der Waals surface area contributed by atoms with Crippen molar-refractivity contribution < 1.29 is 9.53 Å². The number of hydrazine groups is 2. The highest BCUT2D eigenvalue weighted by molar-refractivity contribution is 5.90. The van der Waals surface area contributed by atoms with Gasteiger partial charge in [0, 0.05) is 23.1 Å². The van der Waals surface area contributed by atoms with Gasteiger partial charge in [-0.1, -0.05) is 54.6 Å². The van der Waals surface area contributed by atoms with Crippen LogP contribution in [0.2, 0.25) is 0 Å². The number of nitrogens with one attached hydrogen (secondary N) is 1. The molecule has 0 aromatic heterocycles. The van der Waals surface area contributed by atoms with Gasteiger partial charge in [0.1, 0.15) is 11.5 Å². The van der Waals surface area contributed by atoms with Gasteiger partial charge in [0.25, 0.3) is 0 Å². The fourth-order valence-corrected chi connectivity index (χ4v) is 3.29. The van der Waals surface area contributed by atoms with Gasteiger partial charge in [-0.25, -0.2) is 21.5 Å². The number of hydrogen-bond donors (Lipinski definition) is 3. The summed E-state index contributed by atoms with van der Waals surface area (Å²) in [6, 6.07) is 23.0. The van der Waals surface area contributed by atoms with E-state index in [4.69, 9.17) is 16.4 Å². The molecule has 4 rings (SSSR count). The molecule has 0 aliphatic carbocycles. The molecule has 26 heavy (non-hydrogen) atoms. The van der Waals surface area contributed by atoms with Crippen molar-refractivity contribution in [3.05, 3.63) is 89.5 Å². The summed E-state index contributed by atoms with van der Waals surface area (Å²) in [5.74, 6) is 12.5. The molecular weight excluding hydrogens is 328 g/mol. The smallest absolute Gasteiger partial charge is 0.350 e. The molecule has 0 radical (unpaired) electrons. The van der Waals surface area contributed by atoms with Gasteiger partial charge in [0.15, 0.2) is 0 Å². The highest BCUT2D eigenvalue weighted by Gasteiger charge is 2.29. The molecule has 0 spiro atoms. The van der Waals surface area contributed by atoms with Crippen LogP contribution >= 0.6 is 0 Å². The lowest BCUT2D eigenvalue weighted by molar-refractivity contribution is 0.246. The standard InChI is InChI=1S/C20H18N4O2/c21-23-20(25)24(22)14-10-11-16-18(12-14)26-17-9-5-4-8-15(17)19(16)13-6-2-1-3-7-13/h1-12,19H,21-22H2,(H,23,25). The molecule has 3 aromatic rings. The third-order valence-electron chi connectivity index (χ3n) is 4.51. The Morgan fingerprint density at radius 2 is 1.62 bits per heavy atom. The maximum atomic E-state index is 11.7. The SMILES string of the molecule is NNC(=O)N(N)c1ccc2c(c1)Oc1ccccc1C2c1ccccc1. The molecule has 0 saturated heterocycles. The number of carbonyl (C=O) groups is 1. The van der Waals surface area contributed by atoms with Crippen molar-refractivity contribution in [2.75, 3.05) is 5.01 Å². The molecule has 2 amide bonds. The fourth-order valence-electron chi connectivity index (χ4n) is 3.29. The molecule has 1 aliphatic rings. The van der Waals surface area contributed by atoms with Crippen molar-refractivity contribution in [3.63, 3.8) is 0 Å². The molecule has 0 bridgehead atoms. The van der Waals surface area contributed by atoms with Crippen LogP contribution in [0.1, 0.15) is 22.6 Å². The van der Waals surface area contributed by atoms with Crippen molar-refractivity contribution >= 4 is 11.7 Å². The van der Waals surface area contributed by atoms with Crippen LogP contribution in [0.25, 0.3) is 0 Å². The number of fused-ring (bicyclic) bond motifs is 2. The van der Waals surface area contributed by atoms with Gasteiger partial charge in [-0.05, 0) is 17.7 Å². The second-order valence-corrected chi connectivity index (χ2v) is 6.03. The minimum absolute atomic E-state index is 0.0414. The van der Waals surface area contributed by atoms with E-state index in [-0.39, 0.29) is 5.92 Å². The lowest BCUT2D eigenvalue weighted by Gasteiger charge is -2.29. The maximum absolute atomic E-state index is 11.7. The molecule has 1 unspecified atom stereocenters. The summed E-state index contributed by atoms with van der Waals surface area (Å²) in [6.45, 7) is 0. The number of ether oxygens (including phenoxy) is 1. The van der Waals surface area contributed by atoms with Crippen molar-refractivity contribution in [3.8, 4) is 11.5 Å². The Morgan fingerprint density at radius 1 is 0.923 bits per heavy atom. The third-order valence-corrected chi connectivity index (χ3v) is 4.51. The van der Waals surface area contributed by atoms with Crippen molar-refractivity contribution in [2.24, 2.45) is 11.7 Å². The lowest BCUT2D eigenvalue weighted by Crippen LogP contribution is -2.47. The van der Waals surface area contributed by atoms with Gasteiger partial charge < -0.3 is 4.74 Å². The Kier molecular flexibility index (Phi) is 4.04. The normalized spacial score (nSPS) is 14.6. The van der Waals surface area contributed by atoms with E-state index in [0.717, 1.165) is 21.9 Å². The van der Waals surface area contributed by atoms with E-state index >= 15 is 0 Å². The zero-order valence-electron chi connectivity index (χ0n) is 13.9. The molecule has 6 nitrogen and oxygen atoms in total. The summed E-state index contributed by atoms with van der Waals surface area (Å²) in [4.78, 5) is 11.7. The van der Waals surface area contributed by atoms with Gasteiger partial charge in [-0.15, -0.1) is 0 Å². The summed E-state index contributed by atoms with van der Waals surface area (Å²) in [5, 5.41) is 0.946. The van der Waals surface area contributed by atoms with Gasteiger partial charge in [-0.2, -0.15) is 0 Å². The summed E-state index contributed by atoms with van der Waals surface area (Å²) in [7, 11) is 0. The Hall–Kier alpha value is -3.35. The van der Waals surface area contributed by atoms with E-state index < -0.39 is 6.03 Å². The largest absolute Gasteiger partial charge is 0.457 e. The number of urea groups is 1. The highest BCUT2D eigenvalue weighted by Crippen LogP contribution is 2.47. The predicted octanol–water partition coefficient (Wildman–Crippen LogP) is 3.24. The van der Waals surface area contributed by atoms with Crippen LogP contribution < -0.4 is 26.9 Å². The monoisotopic (exact) mass is 346 g/mol. The first kappa shape index (κ1) is 16.1. The molecule has 1 atom stereocenters. The van der Waals surface area contributed by atoms with Crippen LogP contribution in [0.3, 0.4) is 0 Å². The van der Waals surface area contributed by atoms with Gasteiger partial charge >= 0.3 is 6.03 Å². The van der Waals surface area contributed by atoms with Crippen molar-refractivity contribution in [2.45, 2.75) is 5.92 Å². The number of hydrogen-bond acceptors (Lipinski definition) is 4. The third kappa shape index (κ3) is 2.67. The van der Waals surface area contributed by atoms with Gasteiger partial charge in [0.2, 0.25) is 0 Å². The van der Waals surface area contributed by atoms with Crippen LogP contribution in [0.15, 0.2) is 72.8 Å². The first-order valence-electron chi connectivity index (χ1n) is 8.20. The number of rotatable bonds is 2. The Balaban J connectivity index is 1.84. The van der Waals surface area contributed by atoms with Crippen LogP contribution in [-0.4, -0.2) is 6.03 Å². The molecule has 1 heterocycles. The summed E-state index contributed by atoms with van der Waals surface area (Å²) >= 11 is 0. The number of nitrogens with zero attached hydrogens (tertiary/aromatic N) is 1. The summed E-state index contributed by atoms with van der Waals surface area (Å²) < 4.78 is 6.09. The van der Waals surface area contributed by atoms with Crippen LogP contribution in [0, 0.1) is 0 Å². The number of benzene rings is 3. The van der Waals surface area contributed by atoms with E-state index in [1.54, 1.807) is 12.1 Å². The fraction of sp³-hybridized carbons (Fsp3) is 0.0500. The minimum atomic E-state index is -0.610. The Morgan fingerprint density at radius 3 is 2.38 bits per heavy atom. The van der Waals surface area contributed by atoms with E-state index in [1.807, 2.05) is 47.9 Å². The Labute approximate surface area is 150 Å². The summed E-state index contributed by atoms with van der Waals surface area (Å²) in [5.41, 5.74) is 5.78. The van der Waals surface area contributed by atoms with Crippen LogP contribution in [-0.2, 0) is 0 Å². The van der Waals surface area contributed by atoms with E-state index in [2.05, 4.69) is 18.2 Å². The molecule has 0 fully saturated rings. The topological polar surface area (TPSA) is 93.6 Å². The van der Waals surface area contributed by atoms with Crippen molar-refractivity contribution in [1.82, 2.24) is 5.43 Å². The first-order valence-corrected chi connectivity index (χ1v) is 8.20. The summed E-state index contributed by atoms with van der Waals surface area (Å²) in [6.07, 6.45) is 0. The number of nitrogens with two attached hydrogens (primary N) is 2. The average molecular weight is 346 g/mol. The zero-order chi connectivity index (χ0) is 18.1. The molecule has 1 aliphatic heterocycles. The number of amides is 2. The highest BCUT2D eigenvalue weighted by atomic mass is 16.5. The number of carbonyl (C=O) groups excluding carboxylic acids is 1. The average Bonchev–Trinajstić information content (AvgIpc) is 2.71. The molecular formula is C20H18N4O2. The molecule has 3 aromatic carbocycles. The minimum Gasteiger partial charge on any atom is -0.457 e. The van der Waals surface area contributed by atoms with E-state index in [1.165, 1.54) is 5.56 Å². The predicted molar refractivity (Wildman–Crippen MR) is 99.7 cm³/mol.